The Kier molecular flexibility index (Phi) is 8.14. The zero-order valence-corrected chi connectivity index (χ0v) is 15.6. The molecule has 0 unspecified atom stereocenters. The van der Waals surface area contributed by atoms with Crippen LogP contribution in [0.4, 0.5) is 8.78 Å². The highest BCUT2D eigenvalue weighted by Crippen LogP contribution is 2.26. The van der Waals surface area contributed by atoms with Gasteiger partial charge >= 0.3 is 6.61 Å². The largest absolute Gasteiger partial charge is 0.497 e. The first-order valence-electron chi connectivity index (χ1n) is 8.28. The van der Waals surface area contributed by atoms with E-state index < -0.39 is 6.61 Å². The summed E-state index contributed by atoms with van der Waals surface area (Å²) in [5, 5.41) is 8.43. The van der Waals surface area contributed by atoms with Crippen molar-refractivity contribution >= 4 is 17.3 Å². The molecule has 0 amide bonds. The van der Waals surface area contributed by atoms with Crippen LogP contribution in [-0.4, -0.2) is 32.8 Å². The van der Waals surface area contributed by atoms with E-state index in [9.17, 15) is 8.78 Å². The number of halogens is 2. The van der Waals surface area contributed by atoms with Gasteiger partial charge in [0.05, 0.1) is 13.7 Å². The number of guanidine groups is 1. The van der Waals surface area contributed by atoms with Crippen molar-refractivity contribution in [3.05, 3.63) is 46.2 Å². The molecule has 26 heavy (non-hydrogen) atoms. The first kappa shape index (κ1) is 20.0. The maximum atomic E-state index is 12.6. The third kappa shape index (κ3) is 6.51. The Morgan fingerprint density at radius 2 is 2.12 bits per heavy atom. The van der Waals surface area contributed by atoms with Crippen LogP contribution in [0.3, 0.4) is 0 Å². The molecule has 0 saturated carbocycles. The lowest BCUT2D eigenvalue weighted by molar-refractivity contribution is -0.0504. The monoisotopic (exact) mass is 383 g/mol. The number of thiophene rings is 1. The Morgan fingerprint density at radius 1 is 1.27 bits per heavy atom. The van der Waals surface area contributed by atoms with E-state index in [1.54, 1.807) is 23.5 Å². The molecular weight excluding hydrogens is 360 g/mol. The second-order valence-electron chi connectivity index (χ2n) is 5.30. The maximum Gasteiger partial charge on any atom is 0.387 e. The molecule has 2 aromatic rings. The van der Waals surface area contributed by atoms with Gasteiger partial charge in [0.15, 0.2) is 5.96 Å². The van der Waals surface area contributed by atoms with Crippen LogP contribution in [-0.2, 0) is 13.0 Å². The summed E-state index contributed by atoms with van der Waals surface area (Å²) in [6, 6.07) is 8.80. The van der Waals surface area contributed by atoms with Crippen LogP contribution in [0, 0.1) is 0 Å². The fourth-order valence-corrected chi connectivity index (χ4v) is 2.99. The summed E-state index contributed by atoms with van der Waals surface area (Å²) >= 11 is 1.71. The number of ether oxygens (including phenoxy) is 2. The first-order valence-corrected chi connectivity index (χ1v) is 9.16. The van der Waals surface area contributed by atoms with Gasteiger partial charge in [-0.2, -0.15) is 8.78 Å². The highest BCUT2D eigenvalue weighted by Gasteiger charge is 2.11. The quantitative estimate of drug-likeness (QED) is 0.513. The zero-order chi connectivity index (χ0) is 18.8. The summed E-state index contributed by atoms with van der Waals surface area (Å²) in [4.78, 5) is 5.75. The van der Waals surface area contributed by atoms with Crippen molar-refractivity contribution < 1.29 is 18.3 Å². The minimum absolute atomic E-state index is 0.0963. The summed E-state index contributed by atoms with van der Waals surface area (Å²) in [5.41, 5.74) is 0.528. The zero-order valence-electron chi connectivity index (χ0n) is 14.8. The van der Waals surface area contributed by atoms with E-state index in [0.717, 1.165) is 13.0 Å². The molecule has 0 saturated heterocycles. The first-order chi connectivity index (χ1) is 12.6. The molecule has 0 aliphatic heterocycles. The standard InChI is InChI=1S/C18H23F2N3O2S/c1-3-21-18(22-9-8-15-5-4-10-26-15)23-12-13-11-14(24-2)6-7-16(13)25-17(19)20/h4-7,10-11,17H,3,8-9,12H2,1-2H3,(H2,21,22,23). The second-order valence-corrected chi connectivity index (χ2v) is 6.34. The Labute approximate surface area is 156 Å². The van der Waals surface area contributed by atoms with Crippen molar-refractivity contribution in [1.29, 1.82) is 0 Å². The second kappa shape index (κ2) is 10.6. The summed E-state index contributed by atoms with van der Waals surface area (Å²) < 4.78 is 34.9. The van der Waals surface area contributed by atoms with Gasteiger partial charge in [-0.05, 0) is 43.0 Å². The van der Waals surface area contributed by atoms with E-state index in [4.69, 9.17) is 4.74 Å². The molecule has 0 fully saturated rings. The van der Waals surface area contributed by atoms with E-state index >= 15 is 0 Å². The lowest BCUT2D eigenvalue weighted by Gasteiger charge is -2.13. The van der Waals surface area contributed by atoms with Gasteiger partial charge in [0.2, 0.25) is 0 Å². The van der Waals surface area contributed by atoms with Gasteiger partial charge in [0.25, 0.3) is 0 Å². The molecule has 0 aliphatic carbocycles. The highest BCUT2D eigenvalue weighted by molar-refractivity contribution is 7.09. The number of benzene rings is 1. The van der Waals surface area contributed by atoms with Crippen LogP contribution < -0.4 is 20.1 Å². The SMILES string of the molecule is CCNC(=NCc1cc(OC)ccc1OC(F)F)NCCc1cccs1. The van der Waals surface area contributed by atoms with Gasteiger partial charge in [-0.3, -0.25) is 0 Å². The summed E-state index contributed by atoms with van der Waals surface area (Å²) in [5.74, 6) is 1.28. The number of nitrogens with one attached hydrogen (secondary N) is 2. The molecule has 1 aromatic carbocycles. The number of alkyl halides is 2. The van der Waals surface area contributed by atoms with E-state index in [2.05, 4.69) is 26.4 Å². The van der Waals surface area contributed by atoms with Crippen molar-refractivity contribution in [2.24, 2.45) is 4.99 Å². The number of hydrogen-bond donors (Lipinski definition) is 2. The molecule has 0 spiro atoms. The van der Waals surface area contributed by atoms with Gasteiger partial charge in [-0.15, -0.1) is 11.3 Å². The third-order valence-electron chi connectivity index (χ3n) is 3.48. The summed E-state index contributed by atoms with van der Waals surface area (Å²) in [6.07, 6.45) is 0.890. The number of aliphatic imine (C=N–C) groups is 1. The molecule has 0 aliphatic rings. The molecule has 2 N–H and O–H groups in total. The lowest BCUT2D eigenvalue weighted by Crippen LogP contribution is -2.38. The van der Waals surface area contributed by atoms with Gasteiger partial charge < -0.3 is 20.1 Å². The van der Waals surface area contributed by atoms with Gasteiger partial charge in [0.1, 0.15) is 11.5 Å². The van der Waals surface area contributed by atoms with E-state index in [1.807, 2.05) is 18.4 Å². The molecule has 142 valence electrons. The molecule has 0 radical (unpaired) electrons. The predicted molar refractivity (Wildman–Crippen MR) is 100 cm³/mol. The Morgan fingerprint density at radius 3 is 2.77 bits per heavy atom. The van der Waals surface area contributed by atoms with E-state index in [0.29, 0.717) is 23.8 Å². The number of hydrogen-bond acceptors (Lipinski definition) is 4. The molecule has 0 atom stereocenters. The Balaban J connectivity index is 2.04. The van der Waals surface area contributed by atoms with Crippen molar-refractivity contribution in [3.63, 3.8) is 0 Å². The van der Waals surface area contributed by atoms with E-state index in [1.165, 1.54) is 18.1 Å². The Hall–Kier alpha value is -2.35. The maximum absolute atomic E-state index is 12.6. The predicted octanol–water partition coefficient (Wildman–Crippen LogP) is 3.66. The average Bonchev–Trinajstić information content (AvgIpc) is 3.13. The third-order valence-corrected chi connectivity index (χ3v) is 4.42. The average molecular weight is 383 g/mol. The van der Waals surface area contributed by atoms with Crippen molar-refractivity contribution in [3.8, 4) is 11.5 Å². The molecule has 5 nitrogen and oxygen atoms in total. The van der Waals surface area contributed by atoms with Crippen LogP contribution in [0.2, 0.25) is 0 Å². The number of rotatable bonds is 9. The van der Waals surface area contributed by atoms with Crippen LogP contribution in [0.15, 0.2) is 40.7 Å². The normalized spacial score (nSPS) is 11.5. The van der Waals surface area contributed by atoms with Gasteiger partial charge in [-0.1, -0.05) is 6.07 Å². The van der Waals surface area contributed by atoms with Crippen LogP contribution in [0.5, 0.6) is 11.5 Å². The molecule has 0 bridgehead atoms. The molecule has 1 aromatic heterocycles. The van der Waals surface area contributed by atoms with Crippen LogP contribution in [0.1, 0.15) is 17.4 Å². The van der Waals surface area contributed by atoms with Crippen molar-refractivity contribution in [2.45, 2.75) is 26.5 Å². The summed E-state index contributed by atoms with van der Waals surface area (Å²) in [7, 11) is 1.52. The molecule has 2 rings (SSSR count). The Bertz CT molecular complexity index is 694. The van der Waals surface area contributed by atoms with Crippen LogP contribution >= 0.6 is 11.3 Å². The van der Waals surface area contributed by atoms with Gasteiger partial charge in [-0.25, -0.2) is 4.99 Å². The number of nitrogens with zero attached hydrogens (tertiary/aromatic N) is 1. The summed E-state index contributed by atoms with van der Waals surface area (Å²) in [6.45, 7) is 0.693. The molecular formula is C18H23F2N3O2S. The van der Waals surface area contributed by atoms with Crippen molar-refractivity contribution in [1.82, 2.24) is 10.6 Å². The smallest absolute Gasteiger partial charge is 0.387 e. The molecule has 1 heterocycles. The lowest BCUT2D eigenvalue weighted by atomic mass is 10.2. The minimum Gasteiger partial charge on any atom is -0.497 e. The van der Waals surface area contributed by atoms with Crippen LogP contribution in [0.25, 0.3) is 0 Å². The number of methoxy groups -OCH3 is 1. The fraction of sp³-hybridized carbons (Fsp3) is 0.389. The van der Waals surface area contributed by atoms with Gasteiger partial charge in [0, 0.05) is 23.5 Å². The fourth-order valence-electron chi connectivity index (χ4n) is 2.28. The van der Waals surface area contributed by atoms with Crippen molar-refractivity contribution in [2.75, 3.05) is 20.2 Å². The minimum atomic E-state index is -2.89. The topological polar surface area (TPSA) is 54.9 Å². The molecule has 8 heteroatoms. The highest BCUT2D eigenvalue weighted by atomic mass is 32.1. The van der Waals surface area contributed by atoms with E-state index in [-0.39, 0.29) is 12.3 Å².